The minimum Gasteiger partial charge on any atom is -0.448 e. The van der Waals surface area contributed by atoms with Crippen molar-refractivity contribution in [2.45, 2.75) is 51.2 Å². The molecule has 2 aromatic rings. The molecule has 1 aliphatic carbocycles. The Hall–Kier alpha value is -2.21. The summed E-state index contributed by atoms with van der Waals surface area (Å²) in [6.45, 7) is 1.60. The van der Waals surface area contributed by atoms with Gasteiger partial charge in [-0.15, -0.1) is 11.3 Å². The summed E-state index contributed by atoms with van der Waals surface area (Å²) in [6.07, 6.45) is 4.68. The maximum atomic E-state index is 12.2. The zero-order valence-corrected chi connectivity index (χ0v) is 15.1. The summed E-state index contributed by atoms with van der Waals surface area (Å²) in [4.78, 5) is 28.8. The number of carbonyl (C=O) groups is 2. The molecule has 0 radical (unpaired) electrons. The Kier molecular flexibility index (Phi) is 5.81. The van der Waals surface area contributed by atoms with E-state index in [2.05, 4.69) is 10.3 Å². The van der Waals surface area contributed by atoms with Gasteiger partial charge in [0.15, 0.2) is 11.8 Å². The second kappa shape index (κ2) is 8.25. The van der Waals surface area contributed by atoms with Crippen LogP contribution in [0.3, 0.4) is 0 Å². The highest BCUT2D eigenvalue weighted by atomic mass is 32.1. The quantitative estimate of drug-likeness (QED) is 0.826. The van der Waals surface area contributed by atoms with Gasteiger partial charge in [0.1, 0.15) is 5.01 Å². The Bertz CT molecular complexity index is 723. The maximum Gasteiger partial charge on any atom is 0.358 e. The number of nitrogens with one attached hydrogen (secondary N) is 1. The van der Waals surface area contributed by atoms with Crippen molar-refractivity contribution in [3.05, 3.63) is 41.4 Å². The van der Waals surface area contributed by atoms with Crippen LogP contribution in [0.2, 0.25) is 0 Å². The number of ether oxygens (including phenoxy) is 1. The number of benzene rings is 1. The smallest absolute Gasteiger partial charge is 0.358 e. The Labute approximate surface area is 151 Å². The Balaban J connectivity index is 1.56. The van der Waals surface area contributed by atoms with E-state index in [1.807, 2.05) is 30.3 Å². The Morgan fingerprint density at radius 2 is 1.92 bits per heavy atom. The molecule has 1 aliphatic rings. The molecule has 5 nitrogen and oxygen atoms in total. The summed E-state index contributed by atoms with van der Waals surface area (Å²) in [5, 5.41) is 5.39. The second-order valence-electron chi connectivity index (χ2n) is 6.29. The average Bonchev–Trinajstić information content (AvgIpc) is 3.13. The van der Waals surface area contributed by atoms with Crippen molar-refractivity contribution < 1.29 is 14.3 Å². The van der Waals surface area contributed by atoms with Gasteiger partial charge in [-0.3, -0.25) is 4.79 Å². The van der Waals surface area contributed by atoms with Crippen LogP contribution in [0.15, 0.2) is 35.7 Å². The molecule has 1 fully saturated rings. The molecule has 1 amide bonds. The molecule has 1 heterocycles. The van der Waals surface area contributed by atoms with E-state index in [9.17, 15) is 9.59 Å². The molecule has 0 bridgehead atoms. The molecule has 0 aliphatic heterocycles. The number of esters is 1. The second-order valence-corrected chi connectivity index (χ2v) is 7.15. The summed E-state index contributed by atoms with van der Waals surface area (Å²) in [5.74, 6) is -0.802. The number of nitrogens with zero attached hydrogens (tertiary/aromatic N) is 1. The molecular formula is C19H22N2O3S. The number of hydrogen-bond donors (Lipinski definition) is 1. The molecule has 1 N–H and O–H groups in total. The van der Waals surface area contributed by atoms with Crippen molar-refractivity contribution in [1.82, 2.24) is 10.3 Å². The van der Waals surface area contributed by atoms with Crippen LogP contribution in [0.25, 0.3) is 10.6 Å². The van der Waals surface area contributed by atoms with Gasteiger partial charge in [0, 0.05) is 17.0 Å². The number of thiazole rings is 1. The molecule has 1 saturated carbocycles. The third kappa shape index (κ3) is 4.66. The lowest BCUT2D eigenvalue weighted by Gasteiger charge is -2.24. The fourth-order valence-corrected chi connectivity index (χ4v) is 3.72. The van der Waals surface area contributed by atoms with E-state index in [1.165, 1.54) is 17.8 Å². The summed E-state index contributed by atoms with van der Waals surface area (Å²) >= 11 is 1.38. The van der Waals surface area contributed by atoms with Gasteiger partial charge in [0.05, 0.1) is 0 Å². The zero-order chi connectivity index (χ0) is 17.6. The number of aromatic nitrogens is 1. The predicted octanol–water partition coefficient (Wildman–Crippen LogP) is 3.80. The van der Waals surface area contributed by atoms with Crippen LogP contribution < -0.4 is 5.32 Å². The van der Waals surface area contributed by atoms with Crippen molar-refractivity contribution >= 4 is 23.2 Å². The largest absolute Gasteiger partial charge is 0.448 e. The average molecular weight is 358 g/mol. The number of carbonyl (C=O) groups excluding carboxylic acids is 2. The predicted molar refractivity (Wildman–Crippen MR) is 97.4 cm³/mol. The van der Waals surface area contributed by atoms with Crippen LogP contribution in [0.1, 0.15) is 49.5 Å². The minimum absolute atomic E-state index is 0.200. The van der Waals surface area contributed by atoms with Gasteiger partial charge >= 0.3 is 5.97 Å². The molecular weight excluding hydrogens is 336 g/mol. The van der Waals surface area contributed by atoms with Gasteiger partial charge in [0.25, 0.3) is 5.91 Å². The van der Waals surface area contributed by atoms with Crippen molar-refractivity contribution in [3.8, 4) is 10.6 Å². The molecule has 3 rings (SSSR count). The monoisotopic (exact) mass is 358 g/mol. The van der Waals surface area contributed by atoms with Crippen LogP contribution in [-0.2, 0) is 9.53 Å². The molecule has 0 unspecified atom stereocenters. The first-order valence-electron chi connectivity index (χ1n) is 8.66. The Morgan fingerprint density at radius 1 is 1.20 bits per heavy atom. The molecule has 0 spiro atoms. The third-order valence-corrected chi connectivity index (χ3v) is 5.23. The highest BCUT2D eigenvalue weighted by Crippen LogP contribution is 2.24. The van der Waals surface area contributed by atoms with E-state index < -0.39 is 12.1 Å². The van der Waals surface area contributed by atoms with Crippen molar-refractivity contribution in [2.24, 2.45) is 0 Å². The topological polar surface area (TPSA) is 68.3 Å². The first-order valence-corrected chi connectivity index (χ1v) is 9.54. The van der Waals surface area contributed by atoms with Crippen molar-refractivity contribution in [1.29, 1.82) is 0 Å². The number of amides is 1. The lowest BCUT2D eigenvalue weighted by molar-refractivity contribution is -0.130. The van der Waals surface area contributed by atoms with Crippen LogP contribution in [0, 0.1) is 0 Å². The van der Waals surface area contributed by atoms with Gasteiger partial charge in [-0.2, -0.15) is 0 Å². The van der Waals surface area contributed by atoms with Gasteiger partial charge in [-0.1, -0.05) is 49.6 Å². The van der Waals surface area contributed by atoms with E-state index in [-0.39, 0.29) is 17.6 Å². The van der Waals surface area contributed by atoms with Crippen LogP contribution in [0.5, 0.6) is 0 Å². The van der Waals surface area contributed by atoms with Crippen LogP contribution in [0.4, 0.5) is 0 Å². The Morgan fingerprint density at radius 3 is 2.64 bits per heavy atom. The third-order valence-electron chi connectivity index (χ3n) is 4.34. The summed E-state index contributed by atoms with van der Waals surface area (Å²) in [7, 11) is 0. The molecule has 1 atom stereocenters. The first-order chi connectivity index (χ1) is 12.1. The van der Waals surface area contributed by atoms with E-state index in [1.54, 1.807) is 12.3 Å². The standard InChI is InChI=1S/C19H22N2O3S/c1-13(17(22)20-15-10-6-3-7-11-15)24-19(23)16-12-25-18(21-16)14-8-4-2-5-9-14/h2,4-5,8-9,12-13,15H,3,6-7,10-11H2,1H3,(H,20,22)/t13-/m1/s1. The van der Waals surface area contributed by atoms with Gasteiger partial charge < -0.3 is 10.1 Å². The number of rotatable bonds is 5. The van der Waals surface area contributed by atoms with E-state index in [0.717, 1.165) is 36.3 Å². The zero-order valence-electron chi connectivity index (χ0n) is 14.2. The SMILES string of the molecule is C[C@@H](OC(=O)c1csc(-c2ccccc2)n1)C(=O)NC1CCCCC1. The molecule has 6 heteroatoms. The van der Waals surface area contributed by atoms with Crippen LogP contribution in [-0.4, -0.2) is 29.0 Å². The lowest BCUT2D eigenvalue weighted by atomic mass is 9.95. The van der Waals surface area contributed by atoms with E-state index in [0.29, 0.717) is 0 Å². The van der Waals surface area contributed by atoms with E-state index >= 15 is 0 Å². The summed E-state index contributed by atoms with van der Waals surface area (Å²) < 4.78 is 5.28. The van der Waals surface area contributed by atoms with Gasteiger partial charge in [0.2, 0.25) is 0 Å². The van der Waals surface area contributed by atoms with E-state index in [4.69, 9.17) is 4.74 Å². The normalized spacial score (nSPS) is 16.2. The molecule has 1 aromatic carbocycles. The molecule has 1 aromatic heterocycles. The van der Waals surface area contributed by atoms with Gasteiger partial charge in [-0.25, -0.2) is 9.78 Å². The molecule has 132 valence electrons. The first kappa shape index (κ1) is 17.6. The summed E-state index contributed by atoms with van der Waals surface area (Å²) in [6, 6.07) is 9.85. The maximum absolute atomic E-state index is 12.2. The minimum atomic E-state index is -0.823. The molecule has 25 heavy (non-hydrogen) atoms. The fraction of sp³-hybridized carbons (Fsp3) is 0.421. The molecule has 0 saturated heterocycles. The summed E-state index contributed by atoms with van der Waals surface area (Å²) in [5.41, 5.74) is 1.19. The highest BCUT2D eigenvalue weighted by molar-refractivity contribution is 7.13. The lowest BCUT2D eigenvalue weighted by Crippen LogP contribution is -2.42. The van der Waals surface area contributed by atoms with Crippen LogP contribution >= 0.6 is 11.3 Å². The van der Waals surface area contributed by atoms with Gasteiger partial charge in [-0.05, 0) is 19.8 Å². The fourth-order valence-electron chi connectivity index (χ4n) is 2.92. The van der Waals surface area contributed by atoms with Crippen molar-refractivity contribution in [3.63, 3.8) is 0 Å². The van der Waals surface area contributed by atoms with Crippen molar-refractivity contribution in [2.75, 3.05) is 0 Å². The highest BCUT2D eigenvalue weighted by Gasteiger charge is 2.24. The number of hydrogen-bond acceptors (Lipinski definition) is 5.